The number of ether oxygens (including phenoxy) is 1. The molecule has 0 radical (unpaired) electrons. The van der Waals surface area contributed by atoms with Gasteiger partial charge in [-0.25, -0.2) is 0 Å². The zero-order valence-corrected chi connectivity index (χ0v) is 14.0. The third kappa shape index (κ3) is 4.64. The molecule has 1 saturated heterocycles. The second-order valence-corrected chi connectivity index (χ2v) is 6.41. The maximum absolute atomic E-state index is 5.83. The average Bonchev–Trinajstić information content (AvgIpc) is 3.01. The molecule has 2 N–H and O–H groups in total. The zero-order chi connectivity index (χ0) is 16.1. The van der Waals surface area contributed by atoms with Crippen molar-refractivity contribution >= 4 is 0 Å². The van der Waals surface area contributed by atoms with E-state index in [0.717, 1.165) is 38.4 Å². The van der Waals surface area contributed by atoms with E-state index < -0.39 is 0 Å². The number of aromatic amines is 1. The second kappa shape index (κ2) is 7.73. The standard InChI is InChI=1S/C18H26N4O/c1-14-11-22(12-15(2)23-14)13-17-6-4-3-5-16(17)9-19-10-18-7-8-20-21-18/h3-8,14-15,19H,9-13H2,1-2H3,(H,20,21)/t14-,15-/m1/s1. The molecule has 0 unspecified atom stereocenters. The lowest BCUT2D eigenvalue weighted by Crippen LogP contribution is -2.45. The summed E-state index contributed by atoms with van der Waals surface area (Å²) in [5.74, 6) is 0. The summed E-state index contributed by atoms with van der Waals surface area (Å²) in [5, 5.41) is 10.4. The molecule has 1 aromatic carbocycles. The van der Waals surface area contributed by atoms with E-state index in [4.69, 9.17) is 4.74 Å². The molecular formula is C18H26N4O. The molecule has 23 heavy (non-hydrogen) atoms. The number of nitrogens with zero attached hydrogens (tertiary/aromatic N) is 2. The highest BCUT2D eigenvalue weighted by Crippen LogP contribution is 2.17. The lowest BCUT2D eigenvalue weighted by molar-refractivity contribution is -0.0705. The number of aromatic nitrogens is 2. The fourth-order valence-corrected chi connectivity index (χ4v) is 3.25. The van der Waals surface area contributed by atoms with Crippen molar-refractivity contribution in [1.82, 2.24) is 20.4 Å². The van der Waals surface area contributed by atoms with Crippen molar-refractivity contribution in [3.63, 3.8) is 0 Å². The Balaban J connectivity index is 1.58. The van der Waals surface area contributed by atoms with Gasteiger partial charge in [0, 0.05) is 44.6 Å². The van der Waals surface area contributed by atoms with E-state index in [9.17, 15) is 0 Å². The molecule has 0 bridgehead atoms. The molecule has 2 atom stereocenters. The maximum Gasteiger partial charge on any atom is 0.0678 e. The highest BCUT2D eigenvalue weighted by atomic mass is 16.5. The summed E-state index contributed by atoms with van der Waals surface area (Å²) < 4.78 is 5.83. The van der Waals surface area contributed by atoms with Gasteiger partial charge < -0.3 is 10.1 Å². The molecule has 0 spiro atoms. The summed E-state index contributed by atoms with van der Waals surface area (Å²) in [5.41, 5.74) is 3.86. The summed E-state index contributed by atoms with van der Waals surface area (Å²) in [6.07, 6.45) is 2.40. The Morgan fingerprint density at radius 2 is 1.87 bits per heavy atom. The fraction of sp³-hybridized carbons (Fsp3) is 0.500. The molecule has 0 aliphatic carbocycles. The Labute approximate surface area is 138 Å². The quantitative estimate of drug-likeness (QED) is 0.859. The van der Waals surface area contributed by atoms with Crippen LogP contribution in [0.2, 0.25) is 0 Å². The largest absolute Gasteiger partial charge is 0.373 e. The van der Waals surface area contributed by atoms with Gasteiger partial charge in [0.05, 0.1) is 12.2 Å². The molecule has 0 amide bonds. The van der Waals surface area contributed by atoms with Crippen molar-refractivity contribution in [1.29, 1.82) is 0 Å². The van der Waals surface area contributed by atoms with Crippen LogP contribution in [0.3, 0.4) is 0 Å². The number of H-pyrrole nitrogens is 1. The van der Waals surface area contributed by atoms with E-state index in [1.165, 1.54) is 11.1 Å². The van der Waals surface area contributed by atoms with E-state index in [-0.39, 0.29) is 0 Å². The average molecular weight is 314 g/mol. The van der Waals surface area contributed by atoms with Crippen LogP contribution in [0.5, 0.6) is 0 Å². The van der Waals surface area contributed by atoms with Crippen molar-refractivity contribution in [2.45, 2.75) is 45.7 Å². The van der Waals surface area contributed by atoms with Gasteiger partial charge in [0.1, 0.15) is 0 Å². The van der Waals surface area contributed by atoms with Gasteiger partial charge in [0.25, 0.3) is 0 Å². The number of hydrogen-bond acceptors (Lipinski definition) is 4. The Morgan fingerprint density at radius 1 is 1.13 bits per heavy atom. The monoisotopic (exact) mass is 314 g/mol. The Hall–Kier alpha value is -1.69. The molecule has 1 aliphatic heterocycles. The summed E-state index contributed by atoms with van der Waals surface area (Å²) in [4.78, 5) is 2.49. The Morgan fingerprint density at radius 3 is 2.57 bits per heavy atom. The number of nitrogens with one attached hydrogen (secondary N) is 2. The third-order valence-electron chi connectivity index (χ3n) is 4.20. The van der Waals surface area contributed by atoms with Crippen molar-refractivity contribution in [2.75, 3.05) is 13.1 Å². The minimum atomic E-state index is 0.310. The summed E-state index contributed by atoms with van der Waals surface area (Å²) in [7, 11) is 0. The van der Waals surface area contributed by atoms with Gasteiger partial charge in [-0.1, -0.05) is 24.3 Å². The van der Waals surface area contributed by atoms with Gasteiger partial charge in [-0.05, 0) is 31.0 Å². The van der Waals surface area contributed by atoms with Gasteiger partial charge >= 0.3 is 0 Å². The van der Waals surface area contributed by atoms with Crippen LogP contribution in [0.15, 0.2) is 36.5 Å². The van der Waals surface area contributed by atoms with E-state index >= 15 is 0 Å². The summed E-state index contributed by atoms with van der Waals surface area (Å²) >= 11 is 0. The number of benzene rings is 1. The first-order valence-corrected chi connectivity index (χ1v) is 8.34. The molecule has 124 valence electrons. The molecule has 1 fully saturated rings. The van der Waals surface area contributed by atoms with Crippen LogP contribution < -0.4 is 5.32 Å². The van der Waals surface area contributed by atoms with Crippen molar-refractivity contribution in [3.05, 3.63) is 53.3 Å². The van der Waals surface area contributed by atoms with Gasteiger partial charge in [0.2, 0.25) is 0 Å². The predicted octanol–water partition coefficient (Wildman–Crippen LogP) is 2.31. The van der Waals surface area contributed by atoms with Gasteiger partial charge in [0.15, 0.2) is 0 Å². The molecule has 5 nitrogen and oxygen atoms in total. The minimum absolute atomic E-state index is 0.310. The normalized spacial score (nSPS) is 22.3. The van der Waals surface area contributed by atoms with E-state index in [2.05, 4.69) is 58.5 Å². The van der Waals surface area contributed by atoms with Gasteiger partial charge in [-0.3, -0.25) is 10.00 Å². The van der Waals surface area contributed by atoms with Gasteiger partial charge in [-0.15, -0.1) is 0 Å². The number of morpholine rings is 1. The lowest BCUT2D eigenvalue weighted by Gasteiger charge is -2.35. The molecule has 2 aromatic rings. The smallest absolute Gasteiger partial charge is 0.0678 e. The molecule has 2 heterocycles. The van der Waals surface area contributed by atoms with Gasteiger partial charge in [-0.2, -0.15) is 5.10 Å². The molecule has 3 rings (SSSR count). The van der Waals surface area contributed by atoms with Crippen LogP contribution in [-0.2, 0) is 24.4 Å². The predicted molar refractivity (Wildman–Crippen MR) is 90.9 cm³/mol. The van der Waals surface area contributed by atoms with Crippen LogP contribution in [-0.4, -0.2) is 40.4 Å². The Bertz CT molecular complexity index is 589. The molecule has 1 aliphatic rings. The molecule has 0 saturated carbocycles. The van der Waals surface area contributed by atoms with E-state index in [0.29, 0.717) is 12.2 Å². The van der Waals surface area contributed by atoms with Crippen LogP contribution in [0, 0.1) is 0 Å². The highest BCUT2D eigenvalue weighted by Gasteiger charge is 2.22. The van der Waals surface area contributed by atoms with Crippen LogP contribution >= 0.6 is 0 Å². The summed E-state index contributed by atoms with van der Waals surface area (Å²) in [6, 6.07) is 10.7. The molecule has 5 heteroatoms. The molecular weight excluding hydrogens is 288 g/mol. The van der Waals surface area contributed by atoms with Crippen LogP contribution in [0.1, 0.15) is 30.7 Å². The van der Waals surface area contributed by atoms with Crippen molar-refractivity contribution in [2.24, 2.45) is 0 Å². The lowest BCUT2D eigenvalue weighted by atomic mass is 10.1. The van der Waals surface area contributed by atoms with Crippen molar-refractivity contribution in [3.8, 4) is 0 Å². The number of rotatable bonds is 6. The maximum atomic E-state index is 5.83. The highest BCUT2D eigenvalue weighted by molar-refractivity contribution is 5.27. The fourth-order valence-electron chi connectivity index (χ4n) is 3.25. The van der Waals surface area contributed by atoms with E-state index in [1.807, 2.05) is 6.07 Å². The van der Waals surface area contributed by atoms with Crippen LogP contribution in [0.4, 0.5) is 0 Å². The first-order valence-electron chi connectivity index (χ1n) is 8.34. The third-order valence-corrected chi connectivity index (χ3v) is 4.20. The summed E-state index contributed by atoms with van der Waals surface area (Å²) in [6.45, 7) is 8.96. The topological polar surface area (TPSA) is 53.2 Å². The Kier molecular flexibility index (Phi) is 5.43. The first kappa shape index (κ1) is 16.2. The van der Waals surface area contributed by atoms with Crippen molar-refractivity contribution < 1.29 is 4.74 Å². The minimum Gasteiger partial charge on any atom is -0.373 e. The second-order valence-electron chi connectivity index (χ2n) is 6.41. The van der Waals surface area contributed by atoms with E-state index in [1.54, 1.807) is 6.20 Å². The number of hydrogen-bond donors (Lipinski definition) is 2. The molecule has 1 aromatic heterocycles. The zero-order valence-electron chi connectivity index (χ0n) is 14.0. The SMILES string of the molecule is C[C@@H]1CN(Cc2ccccc2CNCc2ccn[nH]2)C[C@@H](C)O1. The first-order chi connectivity index (χ1) is 11.2. The van der Waals surface area contributed by atoms with Crippen LogP contribution in [0.25, 0.3) is 0 Å².